The summed E-state index contributed by atoms with van der Waals surface area (Å²) >= 11 is 0. The van der Waals surface area contributed by atoms with Crippen molar-refractivity contribution >= 4 is 5.97 Å². The largest absolute Gasteiger partial charge is 0.480 e. The number of benzene rings is 1. The Labute approximate surface area is 108 Å². The molecule has 0 saturated carbocycles. The first-order valence-electron chi connectivity index (χ1n) is 6.64. The van der Waals surface area contributed by atoms with E-state index in [4.69, 9.17) is 5.11 Å². The van der Waals surface area contributed by atoms with E-state index in [2.05, 4.69) is 43.4 Å². The van der Waals surface area contributed by atoms with Crippen LogP contribution in [-0.2, 0) is 11.2 Å². The van der Waals surface area contributed by atoms with Crippen LogP contribution in [0.5, 0.6) is 0 Å². The monoisotopic (exact) mass is 247 g/mol. The molecule has 2 N–H and O–H groups in total. The Morgan fingerprint density at radius 1 is 1.33 bits per heavy atom. The van der Waals surface area contributed by atoms with Gasteiger partial charge in [0.05, 0.1) is 0 Å². The summed E-state index contributed by atoms with van der Waals surface area (Å²) in [5.74, 6) is -0.173. The topological polar surface area (TPSA) is 49.3 Å². The van der Waals surface area contributed by atoms with E-state index in [1.165, 1.54) is 11.1 Å². The van der Waals surface area contributed by atoms with Crippen LogP contribution in [0, 0.1) is 0 Å². The minimum absolute atomic E-state index is 0.302. The molecular weight excluding hydrogens is 226 g/mol. The van der Waals surface area contributed by atoms with Crippen LogP contribution in [0.25, 0.3) is 0 Å². The Hall–Kier alpha value is -1.35. The van der Waals surface area contributed by atoms with Crippen LogP contribution in [-0.4, -0.2) is 23.2 Å². The van der Waals surface area contributed by atoms with E-state index in [9.17, 15) is 4.79 Å². The van der Waals surface area contributed by atoms with Crippen molar-refractivity contribution in [1.29, 1.82) is 0 Å². The highest BCUT2D eigenvalue weighted by atomic mass is 16.4. The second kappa shape index (κ2) is 5.53. The maximum atomic E-state index is 10.9. The van der Waals surface area contributed by atoms with E-state index in [0.29, 0.717) is 12.0 Å². The molecule has 18 heavy (non-hydrogen) atoms. The minimum Gasteiger partial charge on any atom is -0.480 e. The highest BCUT2D eigenvalue weighted by Crippen LogP contribution is 2.19. The fourth-order valence-corrected chi connectivity index (χ4v) is 2.50. The highest BCUT2D eigenvalue weighted by molar-refractivity contribution is 5.73. The summed E-state index contributed by atoms with van der Waals surface area (Å²) in [7, 11) is 0. The molecule has 0 radical (unpaired) electrons. The Kier molecular flexibility index (Phi) is 4.02. The molecule has 2 unspecified atom stereocenters. The smallest absolute Gasteiger partial charge is 0.320 e. The highest BCUT2D eigenvalue weighted by Gasteiger charge is 2.28. The number of aliphatic carboxylic acids is 1. The van der Waals surface area contributed by atoms with Gasteiger partial charge in [-0.05, 0) is 36.3 Å². The molecule has 3 nitrogen and oxygen atoms in total. The van der Waals surface area contributed by atoms with Crippen molar-refractivity contribution in [2.75, 3.05) is 0 Å². The van der Waals surface area contributed by atoms with Gasteiger partial charge in [-0.3, -0.25) is 4.79 Å². The summed E-state index contributed by atoms with van der Waals surface area (Å²) < 4.78 is 0. The van der Waals surface area contributed by atoms with Gasteiger partial charge in [0.1, 0.15) is 6.04 Å². The minimum atomic E-state index is -0.729. The molecule has 0 spiro atoms. The molecule has 1 heterocycles. The molecule has 1 fully saturated rings. The lowest BCUT2D eigenvalue weighted by Crippen LogP contribution is -2.36. The van der Waals surface area contributed by atoms with E-state index >= 15 is 0 Å². The third-order valence-corrected chi connectivity index (χ3v) is 3.67. The summed E-state index contributed by atoms with van der Waals surface area (Å²) in [6.45, 7) is 4.37. The number of nitrogens with one attached hydrogen (secondary N) is 1. The van der Waals surface area contributed by atoms with Gasteiger partial charge >= 0.3 is 5.97 Å². The number of rotatable bonds is 4. The molecule has 1 aromatic rings. The molecule has 0 aromatic heterocycles. The van der Waals surface area contributed by atoms with E-state index in [0.717, 1.165) is 19.3 Å². The zero-order valence-corrected chi connectivity index (χ0v) is 11.0. The lowest BCUT2D eigenvalue weighted by atomic mass is 9.99. The molecule has 1 aromatic carbocycles. The lowest BCUT2D eigenvalue weighted by Gasteiger charge is -2.13. The summed E-state index contributed by atoms with van der Waals surface area (Å²) in [5, 5.41) is 12.1. The van der Waals surface area contributed by atoms with Crippen LogP contribution >= 0.6 is 0 Å². The van der Waals surface area contributed by atoms with Gasteiger partial charge in [0.25, 0.3) is 0 Å². The number of hydrogen-bond donors (Lipinski definition) is 2. The van der Waals surface area contributed by atoms with Gasteiger partial charge in [-0.1, -0.05) is 38.1 Å². The first-order valence-corrected chi connectivity index (χ1v) is 6.64. The molecule has 2 rings (SSSR count). The van der Waals surface area contributed by atoms with Crippen LogP contribution < -0.4 is 5.32 Å². The zero-order valence-electron chi connectivity index (χ0n) is 11.0. The number of hydrogen-bond acceptors (Lipinski definition) is 2. The second-order valence-electron chi connectivity index (χ2n) is 5.43. The van der Waals surface area contributed by atoms with Crippen molar-refractivity contribution in [3.8, 4) is 0 Å². The predicted octanol–water partition coefficient (Wildman–Crippen LogP) is 2.56. The Balaban J connectivity index is 1.92. The van der Waals surface area contributed by atoms with E-state index in [-0.39, 0.29) is 6.04 Å². The zero-order chi connectivity index (χ0) is 13.1. The van der Waals surface area contributed by atoms with Crippen molar-refractivity contribution in [2.45, 2.75) is 51.1 Å². The molecule has 0 amide bonds. The normalized spacial score (nSPS) is 23.5. The molecule has 0 bridgehead atoms. The quantitative estimate of drug-likeness (QED) is 0.859. The summed E-state index contributed by atoms with van der Waals surface area (Å²) in [5.41, 5.74) is 2.63. The Bertz CT molecular complexity index is 411. The summed E-state index contributed by atoms with van der Waals surface area (Å²) in [6, 6.07) is 8.60. The average molecular weight is 247 g/mol. The molecule has 1 aliphatic heterocycles. The van der Waals surface area contributed by atoms with Gasteiger partial charge < -0.3 is 10.4 Å². The van der Waals surface area contributed by atoms with Gasteiger partial charge in [-0.2, -0.15) is 0 Å². The van der Waals surface area contributed by atoms with Gasteiger partial charge in [0, 0.05) is 6.04 Å². The van der Waals surface area contributed by atoms with Crippen molar-refractivity contribution in [1.82, 2.24) is 5.32 Å². The molecule has 98 valence electrons. The first kappa shape index (κ1) is 13.1. The van der Waals surface area contributed by atoms with Crippen LogP contribution in [0.1, 0.15) is 43.7 Å². The fraction of sp³-hybridized carbons (Fsp3) is 0.533. The van der Waals surface area contributed by atoms with E-state index in [1.54, 1.807) is 0 Å². The Morgan fingerprint density at radius 2 is 2.00 bits per heavy atom. The predicted molar refractivity (Wildman–Crippen MR) is 71.8 cm³/mol. The average Bonchev–Trinajstić information content (AvgIpc) is 2.78. The van der Waals surface area contributed by atoms with Crippen LogP contribution in [0.15, 0.2) is 24.3 Å². The van der Waals surface area contributed by atoms with Crippen molar-refractivity contribution in [2.24, 2.45) is 0 Å². The van der Waals surface area contributed by atoms with Gasteiger partial charge in [-0.15, -0.1) is 0 Å². The fourth-order valence-electron chi connectivity index (χ4n) is 2.50. The summed E-state index contributed by atoms with van der Waals surface area (Å²) in [6.07, 6.45) is 2.61. The molecule has 3 heteroatoms. The number of carbonyl (C=O) groups is 1. The Morgan fingerprint density at radius 3 is 2.50 bits per heavy atom. The number of carboxylic acids is 1. The standard InChI is InChI=1S/C15H21NO2/c1-10(2)12-5-3-11(4-6-12)9-13-7-8-14(16-13)15(17)18/h3-6,10,13-14,16H,7-9H2,1-2H3,(H,17,18). The molecule has 0 aliphatic carbocycles. The van der Waals surface area contributed by atoms with Crippen molar-refractivity contribution in [3.63, 3.8) is 0 Å². The van der Waals surface area contributed by atoms with Crippen molar-refractivity contribution < 1.29 is 9.90 Å². The molecule has 2 atom stereocenters. The van der Waals surface area contributed by atoms with Crippen LogP contribution in [0.4, 0.5) is 0 Å². The molecule has 1 aliphatic rings. The lowest BCUT2D eigenvalue weighted by molar-refractivity contribution is -0.139. The summed E-state index contributed by atoms with van der Waals surface area (Å²) in [4.78, 5) is 10.9. The molecule has 1 saturated heterocycles. The SMILES string of the molecule is CC(C)c1ccc(CC2CCC(C(=O)O)N2)cc1. The van der Waals surface area contributed by atoms with Gasteiger partial charge in [0.2, 0.25) is 0 Å². The second-order valence-corrected chi connectivity index (χ2v) is 5.43. The van der Waals surface area contributed by atoms with Crippen molar-refractivity contribution in [3.05, 3.63) is 35.4 Å². The first-order chi connectivity index (χ1) is 8.56. The number of carboxylic acid groups (broad SMARTS) is 1. The maximum Gasteiger partial charge on any atom is 0.320 e. The van der Waals surface area contributed by atoms with E-state index < -0.39 is 5.97 Å². The third-order valence-electron chi connectivity index (χ3n) is 3.67. The molecular formula is C15H21NO2. The van der Waals surface area contributed by atoms with Crippen LogP contribution in [0.3, 0.4) is 0 Å². The van der Waals surface area contributed by atoms with Gasteiger partial charge in [0.15, 0.2) is 0 Å². The third kappa shape index (κ3) is 3.10. The van der Waals surface area contributed by atoms with Crippen LogP contribution in [0.2, 0.25) is 0 Å². The maximum absolute atomic E-state index is 10.9. The van der Waals surface area contributed by atoms with Gasteiger partial charge in [-0.25, -0.2) is 0 Å². The van der Waals surface area contributed by atoms with E-state index in [1.807, 2.05) is 0 Å².